The van der Waals surface area contributed by atoms with E-state index in [-0.39, 0.29) is 18.2 Å². The van der Waals surface area contributed by atoms with Gasteiger partial charge in [-0.05, 0) is 25.0 Å². The molecule has 1 saturated carbocycles. The second-order valence-electron chi connectivity index (χ2n) is 6.33. The second kappa shape index (κ2) is 9.16. The van der Waals surface area contributed by atoms with Crippen LogP contribution in [0.2, 0.25) is 0 Å². The highest BCUT2D eigenvalue weighted by Crippen LogP contribution is 2.33. The van der Waals surface area contributed by atoms with Gasteiger partial charge >= 0.3 is 12.1 Å². The molecule has 2 heterocycles. The maximum Gasteiger partial charge on any atom is 0.490 e. The molecule has 28 heavy (non-hydrogen) atoms. The molecular formula is C16H21F3N2O6S. The molecule has 3 rings (SSSR count). The summed E-state index contributed by atoms with van der Waals surface area (Å²) in [7, 11) is -3.19. The van der Waals surface area contributed by atoms with Gasteiger partial charge in [-0.25, -0.2) is 13.2 Å². The van der Waals surface area contributed by atoms with E-state index in [1.54, 1.807) is 10.5 Å². The molecule has 1 aromatic heterocycles. The molecule has 158 valence electrons. The second-order valence-corrected chi connectivity index (χ2v) is 8.26. The van der Waals surface area contributed by atoms with Gasteiger partial charge in [-0.15, -0.1) is 0 Å². The van der Waals surface area contributed by atoms with Crippen LogP contribution in [0.25, 0.3) is 0 Å². The molecule has 0 radical (unpaired) electrons. The van der Waals surface area contributed by atoms with E-state index in [1.807, 2.05) is 18.2 Å². The molecule has 0 amide bonds. The number of carboxylic acid groups (broad SMARTS) is 1. The molecule has 8 nitrogen and oxygen atoms in total. The fourth-order valence-corrected chi connectivity index (χ4v) is 4.27. The van der Waals surface area contributed by atoms with Gasteiger partial charge in [0.2, 0.25) is 10.0 Å². The van der Waals surface area contributed by atoms with Crippen LogP contribution >= 0.6 is 0 Å². The molecule has 0 spiro atoms. The van der Waals surface area contributed by atoms with Crippen molar-refractivity contribution in [1.29, 1.82) is 0 Å². The topological polar surface area (TPSA) is 106 Å². The van der Waals surface area contributed by atoms with Crippen LogP contribution in [-0.2, 0) is 30.9 Å². The smallest absolute Gasteiger partial charge is 0.475 e. The van der Waals surface area contributed by atoms with Crippen molar-refractivity contribution in [1.82, 2.24) is 9.29 Å². The summed E-state index contributed by atoms with van der Waals surface area (Å²) in [6.45, 7) is 1.29. The summed E-state index contributed by atoms with van der Waals surface area (Å²) in [6, 6.07) is 5.61. The van der Waals surface area contributed by atoms with Crippen molar-refractivity contribution >= 4 is 16.0 Å². The number of halogens is 3. The summed E-state index contributed by atoms with van der Waals surface area (Å²) in [5.41, 5.74) is 0.872. The predicted molar refractivity (Wildman–Crippen MR) is 90.8 cm³/mol. The third kappa shape index (κ3) is 6.12. The lowest BCUT2D eigenvalue weighted by molar-refractivity contribution is -0.192. The Hall–Kier alpha value is -1.76. The monoisotopic (exact) mass is 426 g/mol. The van der Waals surface area contributed by atoms with Gasteiger partial charge in [-0.3, -0.25) is 4.98 Å². The lowest BCUT2D eigenvalue weighted by Crippen LogP contribution is -2.53. The lowest BCUT2D eigenvalue weighted by atomic mass is 10.1. The standard InChI is InChI=1S/C14H20N2O4S.C2HF3O2/c1-21(17,18)16-8-9-19-14-12(16)5-6-13(14)20-10-11-4-2-3-7-15-11;3-2(4,5)1(6)7/h2-4,7,12-14H,5-6,8-10H2,1H3;(H,6,7)/t12-,13-,14+;/m0./s1. The van der Waals surface area contributed by atoms with E-state index in [1.165, 1.54) is 6.26 Å². The van der Waals surface area contributed by atoms with Crippen molar-refractivity contribution in [3.05, 3.63) is 30.1 Å². The summed E-state index contributed by atoms with van der Waals surface area (Å²) in [5.74, 6) is -2.76. The summed E-state index contributed by atoms with van der Waals surface area (Å²) in [5, 5.41) is 7.12. The van der Waals surface area contributed by atoms with Gasteiger partial charge < -0.3 is 14.6 Å². The maximum absolute atomic E-state index is 11.8. The van der Waals surface area contributed by atoms with Gasteiger partial charge in [0.05, 0.1) is 37.3 Å². The number of nitrogens with zero attached hydrogens (tertiary/aromatic N) is 2. The molecule has 3 atom stereocenters. The van der Waals surface area contributed by atoms with Crippen molar-refractivity contribution in [2.75, 3.05) is 19.4 Å². The minimum Gasteiger partial charge on any atom is -0.475 e. The molecule has 0 bridgehead atoms. The van der Waals surface area contributed by atoms with E-state index >= 15 is 0 Å². The SMILES string of the molecule is CS(=O)(=O)N1CCO[C@H]2[C@@H](OCc3ccccn3)CC[C@@H]21.O=C(O)C(F)(F)F. The normalized spacial score (nSPS) is 25.5. The minimum absolute atomic E-state index is 0.0680. The lowest BCUT2D eigenvalue weighted by Gasteiger charge is -2.37. The number of hydrogen-bond acceptors (Lipinski definition) is 6. The largest absolute Gasteiger partial charge is 0.490 e. The fraction of sp³-hybridized carbons (Fsp3) is 0.625. The van der Waals surface area contributed by atoms with Crippen molar-refractivity contribution in [2.24, 2.45) is 0 Å². The number of ether oxygens (including phenoxy) is 2. The first-order valence-corrected chi connectivity index (χ1v) is 10.2. The number of carbonyl (C=O) groups is 1. The Morgan fingerprint density at radius 2 is 2.07 bits per heavy atom. The Bertz CT molecular complexity index is 759. The number of hydrogen-bond donors (Lipinski definition) is 1. The Labute approximate surface area is 160 Å². The Balaban J connectivity index is 0.000000345. The molecule has 12 heteroatoms. The third-order valence-corrected chi connectivity index (χ3v) is 5.63. The van der Waals surface area contributed by atoms with Gasteiger partial charge in [-0.2, -0.15) is 17.5 Å². The van der Waals surface area contributed by atoms with Crippen LogP contribution in [0.1, 0.15) is 18.5 Å². The highest BCUT2D eigenvalue weighted by Gasteiger charge is 2.46. The van der Waals surface area contributed by atoms with Crippen molar-refractivity contribution < 1.29 is 41.0 Å². The average molecular weight is 426 g/mol. The molecule has 1 aliphatic carbocycles. The van der Waals surface area contributed by atoms with Crippen LogP contribution < -0.4 is 0 Å². The average Bonchev–Trinajstić information content (AvgIpc) is 3.03. The fourth-order valence-electron chi connectivity index (χ4n) is 3.15. The number of carboxylic acids is 1. The number of alkyl halides is 3. The number of rotatable bonds is 4. The summed E-state index contributed by atoms with van der Waals surface area (Å²) < 4.78 is 68.7. The van der Waals surface area contributed by atoms with E-state index < -0.39 is 22.2 Å². The number of morpholine rings is 1. The highest BCUT2D eigenvalue weighted by atomic mass is 32.2. The Morgan fingerprint density at radius 3 is 2.61 bits per heavy atom. The molecular weight excluding hydrogens is 405 g/mol. The molecule has 0 unspecified atom stereocenters. The van der Waals surface area contributed by atoms with Crippen LogP contribution in [0.15, 0.2) is 24.4 Å². The molecule has 0 aromatic carbocycles. The molecule has 1 aliphatic heterocycles. The third-order valence-electron chi connectivity index (χ3n) is 4.32. The van der Waals surface area contributed by atoms with E-state index in [0.29, 0.717) is 19.8 Å². The van der Waals surface area contributed by atoms with Crippen molar-refractivity contribution in [3.8, 4) is 0 Å². The minimum atomic E-state index is -5.08. The summed E-state index contributed by atoms with van der Waals surface area (Å²) in [4.78, 5) is 13.1. The summed E-state index contributed by atoms with van der Waals surface area (Å²) in [6.07, 6.45) is -0.728. The molecule has 1 aromatic rings. The number of aromatic nitrogens is 1. The number of pyridine rings is 1. The van der Waals surface area contributed by atoms with E-state index in [2.05, 4.69) is 4.98 Å². The molecule has 1 N–H and O–H groups in total. The zero-order chi connectivity index (χ0) is 20.9. The van der Waals surface area contributed by atoms with Gasteiger partial charge in [0.1, 0.15) is 6.10 Å². The number of fused-ring (bicyclic) bond motifs is 1. The van der Waals surface area contributed by atoms with Gasteiger partial charge in [0.15, 0.2) is 0 Å². The zero-order valence-corrected chi connectivity index (χ0v) is 15.8. The van der Waals surface area contributed by atoms with Crippen LogP contribution in [0.4, 0.5) is 13.2 Å². The van der Waals surface area contributed by atoms with Crippen molar-refractivity contribution in [2.45, 2.75) is 43.9 Å². The van der Waals surface area contributed by atoms with Crippen LogP contribution in [0, 0.1) is 0 Å². The Morgan fingerprint density at radius 1 is 1.39 bits per heavy atom. The first kappa shape index (κ1) is 22.5. The van der Waals surface area contributed by atoms with Crippen LogP contribution in [0.5, 0.6) is 0 Å². The van der Waals surface area contributed by atoms with Gasteiger partial charge in [0.25, 0.3) is 0 Å². The van der Waals surface area contributed by atoms with E-state index in [0.717, 1.165) is 18.5 Å². The molecule has 2 aliphatic rings. The van der Waals surface area contributed by atoms with E-state index in [9.17, 15) is 21.6 Å². The first-order valence-electron chi connectivity index (χ1n) is 8.40. The quantitative estimate of drug-likeness (QED) is 0.776. The van der Waals surface area contributed by atoms with Crippen molar-refractivity contribution in [3.63, 3.8) is 0 Å². The maximum atomic E-state index is 11.8. The summed E-state index contributed by atoms with van der Waals surface area (Å²) >= 11 is 0. The predicted octanol–water partition coefficient (Wildman–Crippen LogP) is 1.42. The number of sulfonamides is 1. The van der Waals surface area contributed by atoms with Gasteiger partial charge in [0, 0.05) is 12.7 Å². The number of aliphatic carboxylic acids is 1. The molecule has 1 saturated heterocycles. The van der Waals surface area contributed by atoms with Gasteiger partial charge in [-0.1, -0.05) is 6.07 Å². The highest BCUT2D eigenvalue weighted by molar-refractivity contribution is 7.88. The molecule has 2 fully saturated rings. The first-order chi connectivity index (χ1) is 13.0. The van der Waals surface area contributed by atoms with Crippen LogP contribution in [0.3, 0.4) is 0 Å². The van der Waals surface area contributed by atoms with Crippen LogP contribution in [-0.4, -0.2) is 72.6 Å². The van der Waals surface area contributed by atoms with E-state index in [4.69, 9.17) is 19.4 Å². The Kier molecular flexibility index (Phi) is 7.37. The zero-order valence-electron chi connectivity index (χ0n) is 15.0.